The van der Waals surface area contributed by atoms with Gasteiger partial charge in [-0.1, -0.05) is 84.4 Å². The quantitative estimate of drug-likeness (QED) is 0.492. The van der Waals surface area contributed by atoms with Gasteiger partial charge in [0.25, 0.3) is 0 Å². The molecule has 0 spiro atoms. The number of hydrogen-bond acceptors (Lipinski definition) is 2. The van der Waals surface area contributed by atoms with E-state index in [9.17, 15) is 0 Å². The van der Waals surface area contributed by atoms with E-state index in [4.69, 9.17) is 5.14 Å². The van der Waals surface area contributed by atoms with Crippen LogP contribution in [0.15, 0.2) is 36.5 Å². The summed E-state index contributed by atoms with van der Waals surface area (Å²) in [6, 6.07) is 0. The van der Waals surface area contributed by atoms with Crippen molar-refractivity contribution in [1.82, 2.24) is 0 Å². The molecule has 0 amide bonds. The monoisotopic (exact) mass is 273 g/mol. The van der Waals surface area contributed by atoms with Gasteiger partial charge in [0.1, 0.15) is 0 Å². The Morgan fingerprint density at radius 3 is 1.67 bits per heavy atom. The van der Waals surface area contributed by atoms with Gasteiger partial charge in [0.2, 0.25) is 0 Å². The Labute approximate surface area is 121 Å². The van der Waals surface area contributed by atoms with E-state index in [0.717, 1.165) is 0 Å². The highest BCUT2D eigenvalue weighted by Gasteiger charge is 2.19. The molecule has 0 aromatic rings. The van der Waals surface area contributed by atoms with Gasteiger partial charge in [-0.15, -0.1) is 0 Å². The van der Waals surface area contributed by atoms with Crippen LogP contribution in [0.3, 0.4) is 0 Å². The van der Waals surface area contributed by atoms with Gasteiger partial charge in [-0.2, -0.15) is 0 Å². The molecule has 0 radical (unpaired) electrons. The zero-order valence-electron chi connectivity index (χ0n) is 14.0. The third-order valence-corrected chi connectivity index (χ3v) is 2.46. The van der Waals surface area contributed by atoms with E-state index < -0.39 is 0 Å². The summed E-state index contributed by atoms with van der Waals surface area (Å²) in [5.41, 5.74) is 1.19. The molecular formula is C16H35NS. The first-order valence-corrected chi connectivity index (χ1v) is 7.80. The minimum atomic E-state index is -0.0410. The van der Waals surface area contributed by atoms with Gasteiger partial charge in [0, 0.05) is 4.75 Å². The van der Waals surface area contributed by atoms with Crippen LogP contribution in [0, 0.1) is 0 Å². The van der Waals surface area contributed by atoms with Gasteiger partial charge in [-0.05, 0) is 26.3 Å². The molecule has 0 saturated heterocycles. The van der Waals surface area contributed by atoms with Crippen molar-refractivity contribution in [3.05, 3.63) is 36.5 Å². The normalized spacial score (nSPS) is 10.2. The molecule has 0 aliphatic rings. The molecule has 0 rings (SSSR count). The summed E-state index contributed by atoms with van der Waals surface area (Å²) in [5.74, 6) is 0. The highest BCUT2D eigenvalue weighted by Crippen LogP contribution is 2.28. The van der Waals surface area contributed by atoms with Gasteiger partial charge >= 0.3 is 0 Å². The van der Waals surface area contributed by atoms with E-state index in [-0.39, 0.29) is 4.75 Å². The van der Waals surface area contributed by atoms with Crippen LogP contribution >= 0.6 is 11.9 Å². The Morgan fingerprint density at radius 1 is 1.06 bits per heavy atom. The molecule has 0 aliphatic carbocycles. The van der Waals surface area contributed by atoms with Crippen molar-refractivity contribution in [1.29, 1.82) is 0 Å². The SMILES string of the molecule is C=C/C=C(\C=C/C)C(C)(C)SN.CC.CC.CC. The van der Waals surface area contributed by atoms with Crippen LogP contribution in [-0.2, 0) is 0 Å². The van der Waals surface area contributed by atoms with Crippen molar-refractivity contribution in [3.8, 4) is 0 Å². The van der Waals surface area contributed by atoms with E-state index in [0.29, 0.717) is 0 Å². The highest BCUT2D eigenvalue weighted by atomic mass is 32.2. The fourth-order valence-corrected chi connectivity index (χ4v) is 1.10. The number of rotatable bonds is 4. The van der Waals surface area contributed by atoms with E-state index in [2.05, 4.69) is 26.5 Å². The molecule has 0 aromatic carbocycles. The summed E-state index contributed by atoms with van der Waals surface area (Å²) in [7, 11) is 0. The molecule has 0 unspecified atom stereocenters. The molecule has 0 atom stereocenters. The molecule has 1 nitrogen and oxygen atoms in total. The Morgan fingerprint density at radius 2 is 1.44 bits per heavy atom. The molecule has 0 bridgehead atoms. The van der Waals surface area contributed by atoms with Gasteiger partial charge < -0.3 is 0 Å². The number of nitrogens with two attached hydrogens (primary N) is 1. The van der Waals surface area contributed by atoms with Gasteiger partial charge in [-0.3, -0.25) is 5.14 Å². The first-order chi connectivity index (χ1) is 8.58. The molecule has 18 heavy (non-hydrogen) atoms. The maximum Gasteiger partial charge on any atom is 0.0494 e. The lowest BCUT2D eigenvalue weighted by atomic mass is 10.0. The van der Waals surface area contributed by atoms with E-state index in [1.54, 1.807) is 6.08 Å². The van der Waals surface area contributed by atoms with E-state index in [1.165, 1.54) is 17.5 Å². The van der Waals surface area contributed by atoms with Crippen LogP contribution in [0.25, 0.3) is 0 Å². The minimum absolute atomic E-state index is 0.0410. The fourth-order valence-electron chi connectivity index (χ4n) is 0.831. The standard InChI is InChI=1S/C10H17NS.3C2H6/c1-5-7-9(8-6-2)10(3,4)12-11;3*1-2/h5-8H,1,11H2,2-4H3;3*1-2H3/b8-6-,9-7+;;;. The zero-order chi connectivity index (χ0) is 15.6. The lowest BCUT2D eigenvalue weighted by Gasteiger charge is -2.22. The van der Waals surface area contributed by atoms with Crippen LogP contribution in [-0.4, -0.2) is 4.75 Å². The van der Waals surface area contributed by atoms with Crippen LogP contribution in [0.2, 0.25) is 0 Å². The van der Waals surface area contributed by atoms with Gasteiger partial charge in [0.05, 0.1) is 0 Å². The topological polar surface area (TPSA) is 26.0 Å². The van der Waals surface area contributed by atoms with Crippen molar-refractivity contribution >= 4 is 11.9 Å². The van der Waals surface area contributed by atoms with Gasteiger partial charge in [0.15, 0.2) is 0 Å². The second-order valence-corrected chi connectivity index (χ2v) is 4.24. The maximum atomic E-state index is 5.58. The Bertz CT molecular complexity index is 203. The molecular weight excluding hydrogens is 238 g/mol. The van der Waals surface area contributed by atoms with Crippen molar-refractivity contribution in [2.45, 2.75) is 67.1 Å². The largest absolute Gasteiger partial charge is 0.277 e. The first-order valence-electron chi connectivity index (χ1n) is 6.92. The summed E-state index contributed by atoms with van der Waals surface area (Å²) in [6.07, 6.45) is 7.84. The molecule has 0 aromatic heterocycles. The summed E-state index contributed by atoms with van der Waals surface area (Å²) < 4.78 is -0.0410. The lowest BCUT2D eigenvalue weighted by molar-refractivity contribution is 0.857. The van der Waals surface area contributed by atoms with Crippen LogP contribution in [0.4, 0.5) is 0 Å². The molecule has 2 heteroatoms. The average molecular weight is 274 g/mol. The van der Waals surface area contributed by atoms with Crippen molar-refractivity contribution < 1.29 is 0 Å². The predicted molar refractivity (Wildman–Crippen MR) is 93.0 cm³/mol. The van der Waals surface area contributed by atoms with E-state index >= 15 is 0 Å². The van der Waals surface area contributed by atoms with E-state index in [1.807, 2.05) is 60.6 Å². The van der Waals surface area contributed by atoms with Crippen LogP contribution < -0.4 is 5.14 Å². The third-order valence-electron chi connectivity index (χ3n) is 1.63. The zero-order valence-corrected chi connectivity index (χ0v) is 14.8. The summed E-state index contributed by atoms with van der Waals surface area (Å²) >= 11 is 1.35. The fraction of sp³-hybridized carbons (Fsp3) is 0.625. The minimum Gasteiger partial charge on any atom is -0.277 e. The first kappa shape index (κ1) is 26.2. The second kappa shape index (κ2) is 21.8. The van der Waals surface area contributed by atoms with Crippen LogP contribution in [0.5, 0.6) is 0 Å². The molecule has 0 heterocycles. The summed E-state index contributed by atoms with van der Waals surface area (Å²) in [5, 5.41) is 5.58. The van der Waals surface area contributed by atoms with Gasteiger partial charge in [-0.25, -0.2) is 0 Å². The lowest BCUT2D eigenvalue weighted by Crippen LogP contribution is -2.19. The molecule has 2 N–H and O–H groups in total. The summed E-state index contributed by atoms with van der Waals surface area (Å²) in [6.45, 7) is 21.8. The molecule has 110 valence electrons. The molecule has 0 saturated carbocycles. The van der Waals surface area contributed by atoms with Crippen molar-refractivity contribution in [3.63, 3.8) is 0 Å². The molecule has 0 fully saturated rings. The number of allylic oxidation sites excluding steroid dienone is 4. The predicted octanol–water partition coefficient (Wildman–Crippen LogP) is 6.14. The summed E-state index contributed by atoms with van der Waals surface area (Å²) in [4.78, 5) is 0. The smallest absolute Gasteiger partial charge is 0.0494 e. The van der Waals surface area contributed by atoms with Crippen molar-refractivity contribution in [2.75, 3.05) is 0 Å². The van der Waals surface area contributed by atoms with Crippen molar-refractivity contribution in [2.24, 2.45) is 5.14 Å². The van der Waals surface area contributed by atoms with Crippen LogP contribution in [0.1, 0.15) is 62.3 Å². The second-order valence-electron chi connectivity index (χ2n) is 2.99. The third kappa shape index (κ3) is 15.5. The Kier molecular flexibility index (Phi) is 31.7. The molecule has 0 aliphatic heterocycles. The Balaban J connectivity index is -0.000000141. The Hall–Kier alpha value is -0.470. The maximum absolute atomic E-state index is 5.58. The highest BCUT2D eigenvalue weighted by molar-refractivity contribution is 7.98. The average Bonchev–Trinajstić information content (AvgIpc) is 2.45. The number of hydrogen-bond donors (Lipinski definition) is 1.